The molecule has 0 aromatic heterocycles. The van der Waals surface area contributed by atoms with Crippen LogP contribution in [0.15, 0.2) is 0 Å². The Labute approximate surface area is 128 Å². The molecule has 2 rings (SSSR count). The van der Waals surface area contributed by atoms with Gasteiger partial charge in [0.2, 0.25) is 0 Å². The minimum atomic E-state index is -0.769. The average molecular weight is 297 g/mol. The summed E-state index contributed by atoms with van der Waals surface area (Å²) in [6, 6.07) is 0.778. The third kappa shape index (κ3) is 5.26. The van der Waals surface area contributed by atoms with Crippen molar-refractivity contribution in [1.29, 1.82) is 0 Å². The van der Waals surface area contributed by atoms with Crippen LogP contribution in [0.25, 0.3) is 0 Å². The summed E-state index contributed by atoms with van der Waals surface area (Å²) in [5.41, 5.74) is 0. The number of carboxylic acid groups (broad SMARTS) is 1. The van der Waals surface area contributed by atoms with E-state index in [4.69, 9.17) is 9.84 Å². The van der Waals surface area contributed by atoms with Crippen LogP contribution in [0.1, 0.15) is 58.8 Å². The Balaban J connectivity index is 1.64. The molecule has 0 aromatic carbocycles. The van der Waals surface area contributed by atoms with Gasteiger partial charge in [-0.05, 0) is 50.4 Å². The zero-order valence-electron chi connectivity index (χ0n) is 13.6. The fourth-order valence-electron chi connectivity index (χ4n) is 3.85. The SMILES string of the molecule is CC(C)C1CCC(N2CCC(OCCC(=O)O)CC2)CC1. The topological polar surface area (TPSA) is 49.8 Å². The average Bonchev–Trinajstić information content (AvgIpc) is 2.48. The first kappa shape index (κ1) is 16.8. The molecule has 2 fully saturated rings. The summed E-state index contributed by atoms with van der Waals surface area (Å²) in [5, 5.41) is 8.63. The summed E-state index contributed by atoms with van der Waals surface area (Å²) in [6.45, 7) is 7.30. The highest BCUT2D eigenvalue weighted by molar-refractivity contribution is 5.66. The van der Waals surface area contributed by atoms with Gasteiger partial charge in [-0.1, -0.05) is 13.8 Å². The molecule has 0 bridgehead atoms. The summed E-state index contributed by atoms with van der Waals surface area (Å²) < 4.78 is 5.67. The summed E-state index contributed by atoms with van der Waals surface area (Å²) in [7, 11) is 0. The lowest BCUT2D eigenvalue weighted by molar-refractivity contribution is -0.138. The molecular weight excluding hydrogens is 266 g/mol. The Kier molecular flexibility index (Phi) is 6.49. The van der Waals surface area contributed by atoms with E-state index in [2.05, 4.69) is 18.7 Å². The van der Waals surface area contributed by atoms with Crippen LogP contribution >= 0.6 is 0 Å². The first-order valence-corrected chi connectivity index (χ1v) is 8.63. The van der Waals surface area contributed by atoms with Crippen LogP contribution in [-0.2, 0) is 9.53 Å². The summed E-state index contributed by atoms with van der Waals surface area (Å²) in [4.78, 5) is 13.1. The van der Waals surface area contributed by atoms with E-state index in [-0.39, 0.29) is 12.5 Å². The standard InChI is InChI=1S/C17H31NO3/c1-13(2)14-3-5-15(6-4-14)18-10-7-16(8-11-18)21-12-9-17(19)20/h13-16H,3-12H2,1-2H3,(H,19,20). The number of nitrogens with zero attached hydrogens (tertiary/aromatic N) is 1. The quantitative estimate of drug-likeness (QED) is 0.818. The molecule has 0 spiro atoms. The highest BCUT2D eigenvalue weighted by atomic mass is 16.5. The lowest BCUT2D eigenvalue weighted by Crippen LogP contribution is -2.45. The van der Waals surface area contributed by atoms with Crippen LogP contribution in [0.3, 0.4) is 0 Å². The van der Waals surface area contributed by atoms with E-state index < -0.39 is 5.97 Å². The summed E-state index contributed by atoms with van der Waals surface area (Å²) >= 11 is 0. The largest absolute Gasteiger partial charge is 0.481 e. The predicted molar refractivity (Wildman–Crippen MR) is 83.4 cm³/mol. The Morgan fingerprint density at radius 2 is 1.76 bits per heavy atom. The van der Waals surface area contributed by atoms with E-state index in [0.29, 0.717) is 6.61 Å². The first-order valence-electron chi connectivity index (χ1n) is 8.63. The number of ether oxygens (including phenoxy) is 1. The molecule has 1 aliphatic heterocycles. The molecule has 2 aliphatic rings. The third-order valence-electron chi connectivity index (χ3n) is 5.35. The van der Waals surface area contributed by atoms with E-state index in [1.54, 1.807) is 0 Å². The van der Waals surface area contributed by atoms with E-state index >= 15 is 0 Å². The second-order valence-electron chi connectivity index (χ2n) is 7.06. The van der Waals surface area contributed by atoms with Crippen LogP contribution in [0.5, 0.6) is 0 Å². The number of carboxylic acids is 1. The van der Waals surface area contributed by atoms with Gasteiger partial charge in [0.05, 0.1) is 19.1 Å². The fourth-order valence-corrected chi connectivity index (χ4v) is 3.85. The van der Waals surface area contributed by atoms with Crippen molar-refractivity contribution in [3.05, 3.63) is 0 Å². The molecule has 1 heterocycles. The zero-order valence-corrected chi connectivity index (χ0v) is 13.6. The maximum atomic E-state index is 10.5. The minimum Gasteiger partial charge on any atom is -0.481 e. The van der Waals surface area contributed by atoms with E-state index in [0.717, 1.165) is 43.8 Å². The van der Waals surface area contributed by atoms with Gasteiger partial charge < -0.3 is 14.7 Å². The second-order valence-corrected chi connectivity index (χ2v) is 7.06. The third-order valence-corrected chi connectivity index (χ3v) is 5.35. The molecule has 0 unspecified atom stereocenters. The van der Waals surface area contributed by atoms with Crippen LogP contribution in [0.2, 0.25) is 0 Å². The van der Waals surface area contributed by atoms with E-state index in [9.17, 15) is 4.79 Å². The van der Waals surface area contributed by atoms with Gasteiger partial charge in [0.1, 0.15) is 0 Å². The number of likely N-dealkylation sites (tertiary alicyclic amines) is 1. The first-order chi connectivity index (χ1) is 10.1. The van der Waals surface area contributed by atoms with Crippen molar-refractivity contribution in [2.45, 2.75) is 70.9 Å². The van der Waals surface area contributed by atoms with Crippen molar-refractivity contribution in [2.75, 3.05) is 19.7 Å². The monoisotopic (exact) mass is 297 g/mol. The number of hydrogen-bond donors (Lipinski definition) is 1. The molecule has 1 saturated heterocycles. The Morgan fingerprint density at radius 3 is 2.29 bits per heavy atom. The number of rotatable bonds is 6. The predicted octanol–water partition coefficient (Wildman–Crippen LogP) is 3.16. The molecule has 1 saturated carbocycles. The lowest BCUT2D eigenvalue weighted by atomic mass is 9.79. The molecule has 0 atom stereocenters. The zero-order chi connectivity index (χ0) is 15.2. The van der Waals surface area contributed by atoms with Gasteiger partial charge in [-0.15, -0.1) is 0 Å². The molecule has 0 aromatic rings. The molecule has 0 radical (unpaired) electrons. The van der Waals surface area contributed by atoms with Crippen molar-refractivity contribution >= 4 is 5.97 Å². The molecule has 4 nitrogen and oxygen atoms in total. The highest BCUT2D eigenvalue weighted by Gasteiger charge is 2.29. The number of carbonyl (C=O) groups is 1. The molecular formula is C17H31NO3. The summed E-state index contributed by atoms with van der Waals surface area (Å²) in [5.74, 6) is 0.992. The maximum absolute atomic E-state index is 10.5. The van der Waals surface area contributed by atoms with Crippen molar-refractivity contribution < 1.29 is 14.6 Å². The van der Waals surface area contributed by atoms with E-state index in [1.165, 1.54) is 25.7 Å². The minimum absolute atomic E-state index is 0.124. The van der Waals surface area contributed by atoms with Crippen molar-refractivity contribution in [2.24, 2.45) is 11.8 Å². The molecule has 0 amide bonds. The highest BCUT2D eigenvalue weighted by Crippen LogP contribution is 2.33. The Morgan fingerprint density at radius 1 is 1.14 bits per heavy atom. The van der Waals surface area contributed by atoms with Crippen molar-refractivity contribution in [3.8, 4) is 0 Å². The van der Waals surface area contributed by atoms with Crippen molar-refractivity contribution in [3.63, 3.8) is 0 Å². The van der Waals surface area contributed by atoms with Crippen LogP contribution in [0.4, 0.5) is 0 Å². The number of aliphatic carboxylic acids is 1. The van der Waals surface area contributed by atoms with Gasteiger partial charge in [-0.2, -0.15) is 0 Å². The maximum Gasteiger partial charge on any atom is 0.305 e. The molecule has 21 heavy (non-hydrogen) atoms. The number of piperidine rings is 1. The van der Waals surface area contributed by atoms with Gasteiger partial charge in [0, 0.05) is 19.1 Å². The van der Waals surface area contributed by atoms with Gasteiger partial charge in [-0.3, -0.25) is 4.79 Å². The molecule has 1 aliphatic carbocycles. The number of hydrogen-bond acceptors (Lipinski definition) is 3. The fraction of sp³-hybridized carbons (Fsp3) is 0.941. The molecule has 1 N–H and O–H groups in total. The van der Waals surface area contributed by atoms with Crippen LogP contribution in [0, 0.1) is 11.8 Å². The van der Waals surface area contributed by atoms with E-state index in [1.807, 2.05) is 0 Å². The van der Waals surface area contributed by atoms with Crippen molar-refractivity contribution in [1.82, 2.24) is 4.90 Å². The van der Waals surface area contributed by atoms with Gasteiger partial charge in [-0.25, -0.2) is 0 Å². The lowest BCUT2D eigenvalue weighted by Gasteiger charge is -2.41. The second kappa shape index (κ2) is 8.14. The Bertz CT molecular complexity index is 316. The normalized spacial score (nSPS) is 28.9. The Hall–Kier alpha value is -0.610. The summed E-state index contributed by atoms with van der Waals surface area (Å²) in [6.07, 6.45) is 8.00. The smallest absolute Gasteiger partial charge is 0.305 e. The molecule has 4 heteroatoms. The molecule has 122 valence electrons. The van der Waals surface area contributed by atoms with Gasteiger partial charge in [0.25, 0.3) is 0 Å². The van der Waals surface area contributed by atoms with Gasteiger partial charge in [0.15, 0.2) is 0 Å². The van der Waals surface area contributed by atoms with Crippen LogP contribution < -0.4 is 0 Å². The van der Waals surface area contributed by atoms with Gasteiger partial charge >= 0.3 is 5.97 Å². The van der Waals surface area contributed by atoms with Crippen LogP contribution in [-0.4, -0.2) is 47.8 Å².